The van der Waals surface area contributed by atoms with Crippen molar-refractivity contribution in [3.8, 4) is 0 Å². The van der Waals surface area contributed by atoms with Crippen LogP contribution in [0.25, 0.3) is 0 Å². The highest BCUT2D eigenvalue weighted by Gasteiger charge is 1.90. The summed E-state index contributed by atoms with van der Waals surface area (Å²) < 4.78 is 0. The van der Waals surface area contributed by atoms with E-state index in [4.69, 9.17) is 22.6 Å². The van der Waals surface area contributed by atoms with Crippen molar-refractivity contribution >= 4 is 11.9 Å². The number of hydrogen-bond donors (Lipinski definition) is 5. The number of hydrogen-bond acceptors (Lipinski definition) is 2. The van der Waals surface area contributed by atoms with Crippen molar-refractivity contribution in [1.29, 1.82) is 5.41 Å². The van der Waals surface area contributed by atoms with E-state index in [-0.39, 0.29) is 11.9 Å². The van der Waals surface area contributed by atoms with Crippen molar-refractivity contribution in [3.63, 3.8) is 0 Å². The molecule has 0 saturated heterocycles. The van der Waals surface area contributed by atoms with Crippen LogP contribution in [-0.2, 0) is 0 Å². The van der Waals surface area contributed by atoms with Crippen molar-refractivity contribution in [2.45, 2.75) is 6.42 Å². The van der Waals surface area contributed by atoms with Gasteiger partial charge < -0.3 is 22.5 Å². The second-order valence-corrected chi connectivity index (χ2v) is 1.95. The van der Waals surface area contributed by atoms with E-state index in [1.54, 1.807) is 0 Å². The lowest BCUT2D eigenvalue weighted by Crippen LogP contribution is -2.30. The molecule has 0 amide bonds. The molecule has 0 aromatic rings. The minimum Gasteiger partial charge on any atom is -0.370 e. The van der Waals surface area contributed by atoms with Gasteiger partial charge in [-0.2, -0.15) is 4.99 Å². The number of guanidine groups is 2. The lowest BCUT2D eigenvalue weighted by atomic mass is 10.4. The van der Waals surface area contributed by atoms with Gasteiger partial charge in [-0.05, 0) is 13.0 Å². The second-order valence-electron chi connectivity index (χ2n) is 1.95. The maximum absolute atomic E-state index is 7.10. The van der Waals surface area contributed by atoms with Crippen LogP contribution in [0.2, 0.25) is 0 Å². The van der Waals surface area contributed by atoms with Gasteiger partial charge in [0.25, 0.3) is 0 Å². The van der Waals surface area contributed by atoms with Crippen LogP contribution in [0.5, 0.6) is 0 Å². The standard InChI is InChI=1S/C5H14N6/c6-2-1-3-10-5(9)11-4(7)8/h1-3,6H2,(H6,7,8,9,10,11). The molecule has 0 saturated carbocycles. The summed E-state index contributed by atoms with van der Waals surface area (Å²) in [6, 6.07) is 0. The number of nitrogens with two attached hydrogens (primary N) is 3. The SMILES string of the molecule is N=C(N=C(N)N)NCCCN. The molecular formula is C5H14N6. The Balaban J connectivity index is 3.46. The van der Waals surface area contributed by atoms with Gasteiger partial charge in [-0.25, -0.2) is 0 Å². The molecule has 6 heteroatoms. The predicted molar refractivity (Wildman–Crippen MR) is 45.2 cm³/mol. The molecule has 0 aromatic heterocycles. The van der Waals surface area contributed by atoms with Gasteiger partial charge in [-0.3, -0.25) is 5.41 Å². The molecule has 0 atom stereocenters. The Bertz CT molecular complexity index is 147. The van der Waals surface area contributed by atoms with Crippen LogP contribution in [0.15, 0.2) is 4.99 Å². The van der Waals surface area contributed by atoms with Crippen LogP contribution in [0.1, 0.15) is 6.42 Å². The number of aliphatic imine (C=N–C) groups is 1. The first kappa shape index (κ1) is 9.70. The molecular weight excluding hydrogens is 144 g/mol. The average Bonchev–Trinajstić information content (AvgIpc) is 1.86. The molecule has 0 aliphatic heterocycles. The van der Waals surface area contributed by atoms with Crippen LogP contribution < -0.4 is 22.5 Å². The predicted octanol–water partition coefficient (Wildman–Crippen LogP) is -1.87. The maximum Gasteiger partial charge on any atom is 0.218 e. The first-order valence-electron chi connectivity index (χ1n) is 3.29. The molecule has 6 nitrogen and oxygen atoms in total. The van der Waals surface area contributed by atoms with Crippen LogP contribution in [0.3, 0.4) is 0 Å². The summed E-state index contributed by atoms with van der Waals surface area (Å²) in [5.41, 5.74) is 15.3. The Morgan fingerprint density at radius 1 is 1.45 bits per heavy atom. The molecule has 0 spiro atoms. The zero-order chi connectivity index (χ0) is 8.69. The summed E-state index contributed by atoms with van der Waals surface area (Å²) in [6.45, 7) is 1.20. The summed E-state index contributed by atoms with van der Waals surface area (Å²) in [5, 5.41) is 9.77. The van der Waals surface area contributed by atoms with E-state index in [1.165, 1.54) is 0 Å². The number of nitrogens with zero attached hydrogens (tertiary/aromatic N) is 1. The van der Waals surface area contributed by atoms with Gasteiger partial charge in [0.2, 0.25) is 5.96 Å². The molecule has 0 aliphatic carbocycles. The fraction of sp³-hybridized carbons (Fsp3) is 0.600. The van der Waals surface area contributed by atoms with Gasteiger partial charge in [0, 0.05) is 6.54 Å². The molecule has 0 bridgehead atoms. The summed E-state index contributed by atoms with van der Waals surface area (Å²) >= 11 is 0. The Morgan fingerprint density at radius 3 is 2.55 bits per heavy atom. The van der Waals surface area contributed by atoms with Crippen molar-refractivity contribution in [1.82, 2.24) is 5.32 Å². The van der Waals surface area contributed by atoms with Gasteiger partial charge in [0.05, 0.1) is 0 Å². The van der Waals surface area contributed by atoms with Gasteiger partial charge in [0.15, 0.2) is 5.96 Å². The highest BCUT2D eigenvalue weighted by Crippen LogP contribution is 1.72. The zero-order valence-electron chi connectivity index (χ0n) is 6.30. The minimum absolute atomic E-state index is 0.0292. The van der Waals surface area contributed by atoms with E-state index in [2.05, 4.69) is 10.3 Å². The lowest BCUT2D eigenvalue weighted by Gasteiger charge is -2.01. The van der Waals surface area contributed by atoms with Crippen molar-refractivity contribution in [2.24, 2.45) is 22.2 Å². The largest absolute Gasteiger partial charge is 0.370 e. The highest BCUT2D eigenvalue weighted by atomic mass is 15.1. The second kappa shape index (κ2) is 5.48. The fourth-order valence-electron chi connectivity index (χ4n) is 0.477. The first-order valence-corrected chi connectivity index (χ1v) is 3.29. The van der Waals surface area contributed by atoms with Crippen LogP contribution >= 0.6 is 0 Å². The lowest BCUT2D eigenvalue weighted by molar-refractivity contribution is 0.777. The molecule has 0 fully saturated rings. The molecule has 0 unspecified atom stereocenters. The fourth-order valence-corrected chi connectivity index (χ4v) is 0.477. The number of rotatable bonds is 3. The molecule has 0 rings (SSSR count). The van der Waals surface area contributed by atoms with Gasteiger partial charge in [-0.1, -0.05) is 0 Å². The molecule has 0 aromatic carbocycles. The normalized spacial score (nSPS) is 8.82. The van der Waals surface area contributed by atoms with E-state index in [1.807, 2.05) is 0 Å². The Hall–Kier alpha value is -1.30. The smallest absolute Gasteiger partial charge is 0.218 e. The number of nitrogens with one attached hydrogen (secondary N) is 2. The van der Waals surface area contributed by atoms with Gasteiger partial charge in [-0.15, -0.1) is 0 Å². The minimum atomic E-state index is -0.116. The third-order valence-electron chi connectivity index (χ3n) is 0.914. The Kier molecular flexibility index (Phi) is 4.83. The van der Waals surface area contributed by atoms with Gasteiger partial charge >= 0.3 is 0 Å². The Morgan fingerprint density at radius 2 is 2.09 bits per heavy atom. The van der Waals surface area contributed by atoms with E-state index in [9.17, 15) is 0 Å². The molecule has 11 heavy (non-hydrogen) atoms. The van der Waals surface area contributed by atoms with E-state index < -0.39 is 0 Å². The zero-order valence-corrected chi connectivity index (χ0v) is 6.30. The van der Waals surface area contributed by atoms with Crippen LogP contribution in [0.4, 0.5) is 0 Å². The summed E-state index contributed by atoms with van der Waals surface area (Å²) in [4.78, 5) is 3.45. The molecule has 8 N–H and O–H groups in total. The van der Waals surface area contributed by atoms with Crippen molar-refractivity contribution in [2.75, 3.05) is 13.1 Å². The van der Waals surface area contributed by atoms with Crippen LogP contribution in [0, 0.1) is 5.41 Å². The molecule has 0 aliphatic rings. The summed E-state index contributed by atoms with van der Waals surface area (Å²) in [6.07, 6.45) is 0.794. The molecule has 0 radical (unpaired) electrons. The quantitative estimate of drug-likeness (QED) is 0.187. The van der Waals surface area contributed by atoms with Crippen molar-refractivity contribution in [3.05, 3.63) is 0 Å². The third kappa shape index (κ3) is 6.59. The van der Waals surface area contributed by atoms with Crippen LogP contribution in [-0.4, -0.2) is 25.0 Å². The monoisotopic (exact) mass is 158 g/mol. The highest BCUT2D eigenvalue weighted by molar-refractivity contribution is 5.91. The summed E-state index contributed by atoms with van der Waals surface area (Å²) in [5.74, 6) is -0.145. The van der Waals surface area contributed by atoms with E-state index in [0.29, 0.717) is 13.1 Å². The summed E-state index contributed by atoms with van der Waals surface area (Å²) in [7, 11) is 0. The van der Waals surface area contributed by atoms with E-state index >= 15 is 0 Å². The third-order valence-corrected chi connectivity index (χ3v) is 0.914. The molecule has 0 heterocycles. The average molecular weight is 158 g/mol. The maximum atomic E-state index is 7.10. The van der Waals surface area contributed by atoms with Gasteiger partial charge in [0.1, 0.15) is 0 Å². The Labute approximate surface area is 65.3 Å². The van der Waals surface area contributed by atoms with Crippen molar-refractivity contribution < 1.29 is 0 Å². The molecule has 64 valence electrons. The topological polar surface area (TPSA) is 126 Å². The first-order chi connectivity index (χ1) is 5.16. The van der Waals surface area contributed by atoms with E-state index in [0.717, 1.165) is 6.42 Å².